The molecule has 6 atom stereocenters. The minimum atomic E-state index is -1.93. The summed E-state index contributed by atoms with van der Waals surface area (Å²) in [6, 6.07) is 4.27. The van der Waals surface area contributed by atoms with E-state index in [-0.39, 0.29) is 29.8 Å². The Labute approximate surface area is 234 Å². The van der Waals surface area contributed by atoms with Crippen LogP contribution in [0.2, 0.25) is 5.02 Å². The van der Waals surface area contributed by atoms with Gasteiger partial charge >= 0.3 is 0 Å². The van der Waals surface area contributed by atoms with Gasteiger partial charge in [-0.2, -0.15) is 0 Å². The topological polar surface area (TPSA) is 155 Å². The monoisotopic (exact) mass is 593 g/mol. The van der Waals surface area contributed by atoms with Gasteiger partial charge in [0.2, 0.25) is 5.79 Å². The Kier molecular flexibility index (Phi) is 7.00. The predicted octanol–water partition coefficient (Wildman–Crippen LogP) is 2.07. The van der Waals surface area contributed by atoms with E-state index in [0.29, 0.717) is 15.9 Å². The standard InChI is InChI=1S/C26H23ClF3N5O6/c27-13-2-1-3-16-20(13)12(8-31-16)25(39)32-19-4-5-40-26(19)24(38)22(23(37)18(10-36)41-26)35-9-17(33-34-35)11-6-14(28)21(30)15(29)7-11/h1-3,6-9,18-19,22-24,31,36-38H,4-5,10H2,(H,32,39)/t18-,19-,22+,23+,24-,26+/m1/s1. The second kappa shape index (κ2) is 10.4. The third kappa shape index (κ3) is 4.47. The number of aromatic amines is 1. The Balaban J connectivity index is 1.32. The number of halogens is 4. The van der Waals surface area contributed by atoms with Crippen molar-refractivity contribution < 1.29 is 42.8 Å². The fourth-order valence-electron chi connectivity index (χ4n) is 5.50. The summed E-state index contributed by atoms with van der Waals surface area (Å²) in [5, 5.41) is 44.0. The summed E-state index contributed by atoms with van der Waals surface area (Å²) in [6.45, 7) is -0.640. The Bertz CT molecular complexity index is 1610. The molecule has 2 aliphatic heterocycles. The van der Waals surface area contributed by atoms with E-state index < -0.39 is 66.1 Å². The zero-order chi connectivity index (χ0) is 29.1. The second-order valence-electron chi connectivity index (χ2n) is 9.85. The van der Waals surface area contributed by atoms with Crippen molar-refractivity contribution >= 4 is 28.4 Å². The quantitative estimate of drug-likeness (QED) is 0.220. The van der Waals surface area contributed by atoms with E-state index in [1.54, 1.807) is 18.2 Å². The highest BCUT2D eigenvalue weighted by molar-refractivity contribution is 6.36. The van der Waals surface area contributed by atoms with Gasteiger partial charge in [-0.15, -0.1) is 5.10 Å². The van der Waals surface area contributed by atoms with Crippen molar-refractivity contribution in [2.45, 2.75) is 42.6 Å². The van der Waals surface area contributed by atoms with Crippen LogP contribution in [0.5, 0.6) is 0 Å². The van der Waals surface area contributed by atoms with E-state index in [1.807, 2.05) is 0 Å². The number of benzene rings is 2. The summed E-state index contributed by atoms with van der Waals surface area (Å²) in [5.41, 5.74) is 0.654. The van der Waals surface area contributed by atoms with Gasteiger partial charge in [0.15, 0.2) is 17.5 Å². The summed E-state index contributed by atoms with van der Waals surface area (Å²) in [7, 11) is 0. The van der Waals surface area contributed by atoms with Gasteiger partial charge in [-0.05, 0) is 30.7 Å². The van der Waals surface area contributed by atoms with Gasteiger partial charge in [-0.3, -0.25) is 4.79 Å². The maximum Gasteiger partial charge on any atom is 0.253 e. The fourth-order valence-corrected chi connectivity index (χ4v) is 5.78. The van der Waals surface area contributed by atoms with Gasteiger partial charge in [0.05, 0.1) is 36.0 Å². The van der Waals surface area contributed by atoms with Crippen LogP contribution in [0.3, 0.4) is 0 Å². The summed E-state index contributed by atoms with van der Waals surface area (Å²) in [5.74, 6) is -6.99. The van der Waals surface area contributed by atoms with Crippen molar-refractivity contribution in [2.24, 2.45) is 0 Å². The molecule has 0 radical (unpaired) electrons. The number of hydrogen-bond acceptors (Lipinski definition) is 8. The summed E-state index contributed by atoms with van der Waals surface area (Å²) in [6.07, 6.45) is -1.64. The van der Waals surface area contributed by atoms with Crippen LogP contribution in [0.25, 0.3) is 22.2 Å². The average molecular weight is 594 g/mol. The third-order valence-corrected chi connectivity index (χ3v) is 7.82. The van der Waals surface area contributed by atoms with Crippen molar-refractivity contribution in [3.63, 3.8) is 0 Å². The molecular formula is C26H23ClF3N5O6. The van der Waals surface area contributed by atoms with Crippen LogP contribution in [0.4, 0.5) is 13.2 Å². The van der Waals surface area contributed by atoms with Crippen LogP contribution < -0.4 is 5.32 Å². The molecule has 11 nitrogen and oxygen atoms in total. The molecule has 1 spiro atoms. The van der Waals surface area contributed by atoms with E-state index >= 15 is 0 Å². The molecule has 5 N–H and O–H groups in total. The largest absolute Gasteiger partial charge is 0.394 e. The zero-order valence-electron chi connectivity index (χ0n) is 21.0. The number of H-pyrrole nitrogens is 1. The molecule has 0 bridgehead atoms. The zero-order valence-corrected chi connectivity index (χ0v) is 21.7. The number of rotatable bonds is 5. The lowest BCUT2D eigenvalue weighted by Crippen LogP contribution is -2.69. The van der Waals surface area contributed by atoms with E-state index in [1.165, 1.54) is 12.4 Å². The van der Waals surface area contributed by atoms with Crippen LogP contribution in [0.15, 0.2) is 42.7 Å². The van der Waals surface area contributed by atoms with Crippen LogP contribution in [-0.2, 0) is 9.47 Å². The molecule has 6 rings (SSSR count). The number of nitrogens with one attached hydrogen (secondary N) is 2. The molecule has 2 aromatic heterocycles. The van der Waals surface area contributed by atoms with Crippen molar-refractivity contribution in [3.8, 4) is 11.3 Å². The molecule has 0 saturated carbocycles. The molecule has 0 unspecified atom stereocenters. The van der Waals surface area contributed by atoms with Gasteiger partial charge in [0.25, 0.3) is 5.91 Å². The average Bonchev–Trinajstić information content (AvgIpc) is 3.69. The summed E-state index contributed by atoms with van der Waals surface area (Å²) < 4.78 is 53.9. The number of aromatic nitrogens is 4. The highest BCUT2D eigenvalue weighted by Gasteiger charge is 2.62. The maximum atomic E-state index is 13.8. The van der Waals surface area contributed by atoms with E-state index in [9.17, 15) is 33.3 Å². The van der Waals surface area contributed by atoms with Gasteiger partial charge in [-0.25, -0.2) is 17.9 Å². The molecule has 216 valence electrons. The first-order valence-electron chi connectivity index (χ1n) is 12.6. The first kappa shape index (κ1) is 27.6. The number of ether oxygens (including phenoxy) is 2. The van der Waals surface area contributed by atoms with Crippen LogP contribution >= 0.6 is 11.6 Å². The minimum absolute atomic E-state index is 0.0500. The number of amides is 1. The normalized spacial score (nSPS) is 28.0. The number of hydrogen-bond donors (Lipinski definition) is 5. The van der Waals surface area contributed by atoms with Gasteiger partial charge in [0.1, 0.15) is 30.0 Å². The first-order chi connectivity index (χ1) is 19.6. The smallest absolute Gasteiger partial charge is 0.253 e. The maximum absolute atomic E-state index is 13.8. The van der Waals surface area contributed by atoms with E-state index in [2.05, 4.69) is 20.6 Å². The van der Waals surface area contributed by atoms with Gasteiger partial charge < -0.3 is 35.1 Å². The second-order valence-corrected chi connectivity index (χ2v) is 10.3. The number of carbonyl (C=O) groups is 1. The van der Waals surface area contributed by atoms with Crippen LogP contribution in [0.1, 0.15) is 22.8 Å². The van der Waals surface area contributed by atoms with Crippen molar-refractivity contribution in [2.75, 3.05) is 13.2 Å². The lowest BCUT2D eigenvalue weighted by Gasteiger charge is -2.49. The molecule has 4 aromatic rings. The Morgan fingerprint density at radius 1 is 1.24 bits per heavy atom. The van der Waals surface area contributed by atoms with E-state index in [0.717, 1.165) is 16.8 Å². The highest BCUT2D eigenvalue weighted by Crippen LogP contribution is 2.43. The molecule has 15 heteroatoms. The highest BCUT2D eigenvalue weighted by atomic mass is 35.5. The van der Waals surface area contributed by atoms with Crippen LogP contribution in [0, 0.1) is 17.5 Å². The number of fused-ring (bicyclic) bond motifs is 1. The lowest BCUT2D eigenvalue weighted by molar-refractivity contribution is -0.344. The number of nitrogens with zero attached hydrogens (tertiary/aromatic N) is 3. The fraction of sp³-hybridized carbons (Fsp3) is 0.346. The van der Waals surface area contributed by atoms with Crippen molar-refractivity contribution in [3.05, 3.63) is 70.8 Å². The first-order valence-corrected chi connectivity index (χ1v) is 12.9. The number of aliphatic hydroxyl groups excluding tert-OH is 3. The van der Waals surface area contributed by atoms with Crippen molar-refractivity contribution in [1.82, 2.24) is 25.3 Å². The molecule has 41 heavy (non-hydrogen) atoms. The summed E-state index contributed by atoms with van der Waals surface area (Å²) >= 11 is 6.32. The molecule has 1 amide bonds. The SMILES string of the molecule is O=C(N[C@@H]1CCO[C@]12O[C@H](CO)[C@H](O)[C@H](n1cc(-c3cc(F)c(F)c(F)c3)nn1)[C@H]2O)c1c[nH]c2cccc(Cl)c12. The molecule has 2 saturated heterocycles. The Morgan fingerprint density at radius 3 is 2.73 bits per heavy atom. The molecular weight excluding hydrogens is 571 g/mol. The third-order valence-electron chi connectivity index (χ3n) is 7.50. The Hall–Kier alpha value is -3.53. The molecule has 2 aromatic carbocycles. The molecule has 2 aliphatic rings. The molecule has 2 fully saturated rings. The van der Waals surface area contributed by atoms with E-state index in [4.69, 9.17) is 21.1 Å². The van der Waals surface area contributed by atoms with Crippen LogP contribution in [-0.4, -0.2) is 84.6 Å². The van der Waals surface area contributed by atoms with Gasteiger partial charge in [-0.1, -0.05) is 22.9 Å². The predicted molar refractivity (Wildman–Crippen MR) is 136 cm³/mol. The number of aliphatic hydroxyl groups is 3. The lowest BCUT2D eigenvalue weighted by atomic mass is 9.86. The van der Waals surface area contributed by atoms with Gasteiger partial charge in [0, 0.05) is 22.7 Å². The Morgan fingerprint density at radius 2 is 2.00 bits per heavy atom. The molecule has 0 aliphatic carbocycles. The summed E-state index contributed by atoms with van der Waals surface area (Å²) in [4.78, 5) is 16.4. The number of carbonyl (C=O) groups excluding carboxylic acids is 1. The minimum Gasteiger partial charge on any atom is -0.394 e. The molecule has 4 heterocycles. The van der Waals surface area contributed by atoms with Crippen molar-refractivity contribution in [1.29, 1.82) is 0 Å².